The topological polar surface area (TPSA) is 110 Å². The van der Waals surface area contributed by atoms with E-state index in [1.165, 1.54) is 13.2 Å². The number of hydrogen-bond donors (Lipinski definition) is 2. The minimum atomic E-state index is -0.688. The number of hydrogen-bond acceptors (Lipinski definition) is 6. The lowest BCUT2D eigenvalue weighted by Gasteiger charge is -2.13. The smallest absolute Gasteiger partial charge is 0.328 e. The first-order valence-electron chi connectivity index (χ1n) is 5.72. The third-order valence-corrected chi connectivity index (χ3v) is 2.61. The molecule has 0 saturated heterocycles. The van der Waals surface area contributed by atoms with Gasteiger partial charge in [0.25, 0.3) is 5.91 Å². The number of rotatable bonds is 4. The molecule has 0 radical (unpaired) electrons. The number of pyridine rings is 1. The average molecular weight is 263 g/mol. The summed E-state index contributed by atoms with van der Waals surface area (Å²) in [5.41, 5.74) is 1.08. The van der Waals surface area contributed by atoms with E-state index < -0.39 is 17.9 Å². The van der Waals surface area contributed by atoms with Gasteiger partial charge in [-0.3, -0.25) is 4.79 Å². The van der Waals surface area contributed by atoms with Crippen LogP contribution in [0.5, 0.6) is 0 Å². The molecular weight excluding hydrogens is 250 g/mol. The Morgan fingerprint density at radius 3 is 2.89 bits per heavy atom. The fraction of sp³-hybridized carbons (Fsp3) is 0.364. The summed E-state index contributed by atoms with van der Waals surface area (Å²) in [5.74, 6) is -0.944. The van der Waals surface area contributed by atoms with E-state index in [9.17, 15) is 9.59 Å². The number of aromatic amines is 1. The van der Waals surface area contributed by atoms with Crippen molar-refractivity contribution in [3.63, 3.8) is 0 Å². The lowest BCUT2D eigenvalue weighted by molar-refractivity contribution is -0.142. The standard InChI is InChI=1S/C11H13N5O3/c1-3-6(11(18)19-2)13-10(17)8-5-4-7-9(12-8)15-16-14-7/h4-6H,3H2,1-2H3,(H,13,17)(H,12,14,15,16). The quantitative estimate of drug-likeness (QED) is 0.753. The van der Waals surface area contributed by atoms with Crippen LogP contribution in [0.25, 0.3) is 11.2 Å². The van der Waals surface area contributed by atoms with Gasteiger partial charge in [0.15, 0.2) is 0 Å². The number of nitrogens with one attached hydrogen (secondary N) is 2. The molecule has 8 heteroatoms. The second kappa shape index (κ2) is 5.42. The van der Waals surface area contributed by atoms with Crippen molar-refractivity contribution in [2.45, 2.75) is 19.4 Å². The van der Waals surface area contributed by atoms with E-state index in [0.29, 0.717) is 17.6 Å². The molecule has 1 atom stereocenters. The van der Waals surface area contributed by atoms with Crippen LogP contribution in [-0.2, 0) is 9.53 Å². The van der Waals surface area contributed by atoms with Gasteiger partial charge in [-0.1, -0.05) is 6.92 Å². The summed E-state index contributed by atoms with van der Waals surface area (Å²) in [6.07, 6.45) is 0.435. The van der Waals surface area contributed by atoms with Crippen LogP contribution < -0.4 is 5.32 Å². The lowest BCUT2D eigenvalue weighted by Crippen LogP contribution is -2.41. The summed E-state index contributed by atoms with van der Waals surface area (Å²) in [5, 5.41) is 12.6. The molecule has 0 aromatic carbocycles. The molecule has 2 N–H and O–H groups in total. The Morgan fingerprint density at radius 2 is 2.21 bits per heavy atom. The first-order chi connectivity index (χ1) is 9.15. The number of H-pyrrole nitrogens is 1. The van der Waals surface area contributed by atoms with Crippen LogP contribution in [0.1, 0.15) is 23.8 Å². The van der Waals surface area contributed by atoms with Gasteiger partial charge in [0.05, 0.1) is 7.11 Å². The van der Waals surface area contributed by atoms with E-state index in [-0.39, 0.29) is 5.69 Å². The first kappa shape index (κ1) is 12.9. The largest absolute Gasteiger partial charge is 0.467 e. The summed E-state index contributed by atoms with van der Waals surface area (Å²) in [6.45, 7) is 1.77. The van der Waals surface area contributed by atoms with Crippen molar-refractivity contribution in [3.05, 3.63) is 17.8 Å². The number of ether oxygens (including phenoxy) is 1. The minimum absolute atomic E-state index is 0.170. The number of methoxy groups -OCH3 is 1. The molecule has 2 aromatic heterocycles. The van der Waals surface area contributed by atoms with Gasteiger partial charge in [0.1, 0.15) is 17.3 Å². The highest BCUT2D eigenvalue weighted by Gasteiger charge is 2.21. The molecule has 2 heterocycles. The molecule has 0 saturated carbocycles. The fourth-order valence-electron chi connectivity index (χ4n) is 1.57. The van der Waals surface area contributed by atoms with Crippen LogP contribution in [0.3, 0.4) is 0 Å². The second-order valence-corrected chi connectivity index (χ2v) is 3.82. The van der Waals surface area contributed by atoms with Crippen LogP contribution in [-0.4, -0.2) is 45.4 Å². The van der Waals surface area contributed by atoms with Crippen LogP contribution in [0.2, 0.25) is 0 Å². The minimum Gasteiger partial charge on any atom is -0.467 e. The van der Waals surface area contributed by atoms with Gasteiger partial charge in [-0.15, -0.1) is 5.10 Å². The van der Waals surface area contributed by atoms with E-state index in [4.69, 9.17) is 0 Å². The summed E-state index contributed by atoms with van der Waals surface area (Å²) in [6, 6.07) is 2.46. The molecule has 0 bridgehead atoms. The molecule has 0 fully saturated rings. The monoisotopic (exact) mass is 263 g/mol. The molecule has 0 aliphatic rings. The number of carbonyl (C=O) groups is 2. The summed E-state index contributed by atoms with van der Waals surface area (Å²) in [7, 11) is 1.27. The number of fused-ring (bicyclic) bond motifs is 1. The van der Waals surface area contributed by atoms with E-state index in [1.54, 1.807) is 13.0 Å². The van der Waals surface area contributed by atoms with Crippen molar-refractivity contribution in [2.24, 2.45) is 0 Å². The fourth-order valence-corrected chi connectivity index (χ4v) is 1.57. The highest BCUT2D eigenvalue weighted by Crippen LogP contribution is 2.06. The Morgan fingerprint density at radius 1 is 1.42 bits per heavy atom. The van der Waals surface area contributed by atoms with Crippen molar-refractivity contribution in [1.82, 2.24) is 25.7 Å². The molecule has 2 rings (SSSR count). The molecule has 1 unspecified atom stereocenters. The molecule has 0 aliphatic carbocycles. The Labute approximate surface area is 108 Å². The van der Waals surface area contributed by atoms with Crippen LogP contribution >= 0.6 is 0 Å². The molecule has 19 heavy (non-hydrogen) atoms. The summed E-state index contributed by atoms with van der Waals surface area (Å²) >= 11 is 0. The van der Waals surface area contributed by atoms with Crippen LogP contribution in [0.4, 0.5) is 0 Å². The van der Waals surface area contributed by atoms with Gasteiger partial charge in [0.2, 0.25) is 5.65 Å². The third kappa shape index (κ3) is 2.67. The molecule has 2 aromatic rings. The zero-order chi connectivity index (χ0) is 13.8. The van der Waals surface area contributed by atoms with Gasteiger partial charge in [-0.25, -0.2) is 9.78 Å². The highest BCUT2D eigenvalue weighted by atomic mass is 16.5. The molecular formula is C11H13N5O3. The van der Waals surface area contributed by atoms with E-state index in [0.717, 1.165) is 0 Å². The van der Waals surface area contributed by atoms with Crippen molar-refractivity contribution in [2.75, 3.05) is 7.11 Å². The maximum Gasteiger partial charge on any atom is 0.328 e. The second-order valence-electron chi connectivity index (χ2n) is 3.82. The van der Waals surface area contributed by atoms with Gasteiger partial charge >= 0.3 is 5.97 Å². The van der Waals surface area contributed by atoms with E-state index in [1.807, 2.05) is 0 Å². The lowest BCUT2D eigenvalue weighted by atomic mass is 10.2. The number of nitrogens with zero attached hydrogens (tertiary/aromatic N) is 3. The van der Waals surface area contributed by atoms with E-state index >= 15 is 0 Å². The molecule has 100 valence electrons. The number of carbonyl (C=O) groups excluding carboxylic acids is 2. The number of amides is 1. The average Bonchev–Trinajstić information content (AvgIpc) is 2.90. The molecule has 8 nitrogen and oxygen atoms in total. The highest BCUT2D eigenvalue weighted by molar-refractivity contribution is 5.96. The molecule has 0 aliphatic heterocycles. The zero-order valence-electron chi connectivity index (χ0n) is 10.5. The SMILES string of the molecule is CCC(NC(=O)c1ccc2n[nH]nc2n1)C(=O)OC. The van der Waals surface area contributed by atoms with Crippen molar-refractivity contribution in [1.29, 1.82) is 0 Å². The van der Waals surface area contributed by atoms with E-state index in [2.05, 4.69) is 30.4 Å². The Hall–Kier alpha value is -2.51. The van der Waals surface area contributed by atoms with Crippen LogP contribution in [0.15, 0.2) is 12.1 Å². The van der Waals surface area contributed by atoms with Crippen molar-refractivity contribution >= 4 is 23.0 Å². The zero-order valence-corrected chi connectivity index (χ0v) is 10.5. The third-order valence-electron chi connectivity index (χ3n) is 2.61. The number of aromatic nitrogens is 4. The Bertz CT molecular complexity index is 609. The molecule has 0 spiro atoms. The first-order valence-corrected chi connectivity index (χ1v) is 5.72. The van der Waals surface area contributed by atoms with Gasteiger partial charge < -0.3 is 10.1 Å². The summed E-state index contributed by atoms with van der Waals surface area (Å²) < 4.78 is 4.60. The maximum atomic E-state index is 12.0. The van der Waals surface area contributed by atoms with Gasteiger partial charge in [-0.2, -0.15) is 10.3 Å². The normalized spacial score (nSPS) is 12.1. The Balaban J connectivity index is 2.16. The Kier molecular flexibility index (Phi) is 3.69. The molecule has 1 amide bonds. The van der Waals surface area contributed by atoms with Crippen molar-refractivity contribution < 1.29 is 14.3 Å². The number of esters is 1. The predicted molar refractivity (Wildman–Crippen MR) is 65.2 cm³/mol. The van der Waals surface area contributed by atoms with Gasteiger partial charge in [0, 0.05) is 0 Å². The van der Waals surface area contributed by atoms with Crippen molar-refractivity contribution in [3.8, 4) is 0 Å². The maximum absolute atomic E-state index is 12.0. The van der Waals surface area contributed by atoms with Crippen LogP contribution in [0, 0.1) is 0 Å². The van der Waals surface area contributed by atoms with Gasteiger partial charge in [-0.05, 0) is 18.6 Å². The predicted octanol–water partition coefficient (Wildman–Crippen LogP) is 0.0343. The summed E-state index contributed by atoms with van der Waals surface area (Å²) in [4.78, 5) is 27.4.